The third-order valence-electron chi connectivity index (χ3n) is 2.66. The first-order valence-electron chi connectivity index (χ1n) is 6.77. The van der Waals surface area contributed by atoms with E-state index in [9.17, 15) is 19.0 Å². The van der Waals surface area contributed by atoms with Crippen molar-refractivity contribution in [3.8, 4) is 0 Å². The van der Waals surface area contributed by atoms with Crippen molar-refractivity contribution in [3.05, 3.63) is 0 Å². The number of amides is 1. The maximum Gasteiger partial charge on any atom is 1.00 e. The van der Waals surface area contributed by atoms with Crippen molar-refractivity contribution in [2.24, 2.45) is 11.8 Å². The third kappa shape index (κ3) is 12.2. The van der Waals surface area contributed by atoms with Crippen molar-refractivity contribution in [2.45, 2.75) is 52.6 Å². The van der Waals surface area contributed by atoms with Crippen molar-refractivity contribution in [3.63, 3.8) is 0 Å². The SMILES string of the molecule is CC(C)CC(NC(=O)C(CC(C)C)NP(=O)([O-])O)C(=O)O.[K+]. The largest absolute Gasteiger partial charge is 1.00 e. The Hall–Kier alpha value is 0.686. The molecule has 0 aromatic rings. The molecule has 0 aliphatic heterocycles. The monoisotopic (exact) mass is 362 g/mol. The molecule has 0 saturated carbocycles. The Balaban J connectivity index is 0. The van der Waals surface area contributed by atoms with Gasteiger partial charge in [-0.3, -0.25) is 9.36 Å². The van der Waals surface area contributed by atoms with E-state index < -0.39 is 31.7 Å². The number of hydrogen-bond donors (Lipinski definition) is 4. The van der Waals surface area contributed by atoms with Gasteiger partial charge in [0, 0.05) is 0 Å². The Bertz CT molecular complexity index is 412. The van der Waals surface area contributed by atoms with Gasteiger partial charge in [0.05, 0.1) is 6.04 Å². The second-order valence-electron chi connectivity index (χ2n) is 5.86. The first kappa shape index (κ1) is 24.9. The number of carbonyl (C=O) groups excluding carboxylic acids is 1. The number of carboxylic acid groups (broad SMARTS) is 1. The third-order valence-corrected chi connectivity index (χ3v) is 3.30. The normalized spacial score (nSPS) is 16.5. The Morgan fingerprint density at radius 3 is 1.82 bits per heavy atom. The van der Waals surface area contributed by atoms with Crippen LogP contribution in [0.25, 0.3) is 0 Å². The summed E-state index contributed by atoms with van der Waals surface area (Å²) in [5.41, 5.74) is 0. The summed E-state index contributed by atoms with van der Waals surface area (Å²) in [6.07, 6.45) is 0.371. The molecule has 0 spiro atoms. The van der Waals surface area contributed by atoms with Gasteiger partial charge in [0.15, 0.2) is 0 Å². The number of rotatable bonds is 9. The van der Waals surface area contributed by atoms with Crippen LogP contribution in [0.2, 0.25) is 0 Å². The van der Waals surface area contributed by atoms with Gasteiger partial charge in [-0.1, -0.05) is 27.7 Å². The van der Waals surface area contributed by atoms with Crippen LogP contribution in [-0.2, 0) is 14.2 Å². The molecule has 4 N–H and O–H groups in total. The van der Waals surface area contributed by atoms with Gasteiger partial charge in [0.25, 0.3) is 0 Å². The summed E-state index contributed by atoms with van der Waals surface area (Å²) in [5.74, 6) is -1.92. The molecule has 0 aromatic heterocycles. The molecule has 0 saturated heterocycles. The molecule has 3 atom stereocenters. The van der Waals surface area contributed by atoms with Gasteiger partial charge in [-0.2, -0.15) is 0 Å². The van der Waals surface area contributed by atoms with Gasteiger partial charge >= 0.3 is 57.4 Å². The Kier molecular flexibility index (Phi) is 12.8. The number of nitrogens with one attached hydrogen (secondary N) is 2. The summed E-state index contributed by atoms with van der Waals surface area (Å²) in [6, 6.07) is -2.30. The van der Waals surface area contributed by atoms with E-state index in [2.05, 4.69) is 5.32 Å². The zero-order valence-corrected chi connectivity index (χ0v) is 17.7. The van der Waals surface area contributed by atoms with E-state index in [0.29, 0.717) is 0 Å². The van der Waals surface area contributed by atoms with Gasteiger partial charge < -0.3 is 20.2 Å². The zero-order chi connectivity index (χ0) is 16.8. The Morgan fingerprint density at radius 1 is 1.09 bits per heavy atom. The molecule has 10 heteroatoms. The zero-order valence-electron chi connectivity index (χ0n) is 13.7. The van der Waals surface area contributed by atoms with Crippen molar-refractivity contribution < 1.29 is 80.4 Å². The van der Waals surface area contributed by atoms with Gasteiger partial charge in [-0.05, 0) is 24.7 Å². The second-order valence-corrected chi connectivity index (χ2v) is 7.16. The van der Waals surface area contributed by atoms with Crippen LogP contribution < -0.4 is 66.7 Å². The first-order chi connectivity index (χ1) is 9.42. The van der Waals surface area contributed by atoms with Crippen LogP contribution in [0, 0.1) is 11.8 Å². The van der Waals surface area contributed by atoms with Gasteiger partial charge in [-0.25, -0.2) is 9.88 Å². The smallest absolute Gasteiger partial charge is 0.766 e. The summed E-state index contributed by atoms with van der Waals surface area (Å²) in [5, 5.41) is 13.2. The molecular formula is C12H24KN2O6P. The van der Waals surface area contributed by atoms with Crippen molar-refractivity contribution in [2.75, 3.05) is 0 Å². The molecule has 3 unspecified atom stereocenters. The fourth-order valence-corrected chi connectivity index (χ4v) is 2.47. The second kappa shape index (κ2) is 11.3. The molecule has 8 nitrogen and oxygen atoms in total. The molecule has 124 valence electrons. The molecule has 0 aliphatic carbocycles. The topological polar surface area (TPSA) is 139 Å². The maximum atomic E-state index is 12.0. The minimum Gasteiger partial charge on any atom is -0.766 e. The van der Waals surface area contributed by atoms with Crippen LogP contribution in [-0.4, -0.2) is 34.0 Å². The van der Waals surface area contributed by atoms with E-state index in [4.69, 9.17) is 10.00 Å². The minimum atomic E-state index is -4.83. The average Bonchev–Trinajstić information content (AvgIpc) is 2.23. The number of carboxylic acids is 1. The molecule has 0 bridgehead atoms. The summed E-state index contributed by atoms with van der Waals surface area (Å²) < 4.78 is 10.9. The molecule has 22 heavy (non-hydrogen) atoms. The van der Waals surface area contributed by atoms with Crippen LogP contribution >= 0.6 is 7.75 Å². The molecule has 0 rings (SSSR count). The number of hydrogen-bond acceptors (Lipinski definition) is 4. The number of carbonyl (C=O) groups is 2. The van der Waals surface area contributed by atoms with Crippen molar-refractivity contribution in [1.29, 1.82) is 0 Å². The van der Waals surface area contributed by atoms with Crippen LogP contribution in [0.15, 0.2) is 0 Å². The quantitative estimate of drug-likeness (QED) is 0.254. The van der Waals surface area contributed by atoms with E-state index in [1.165, 1.54) is 0 Å². The predicted molar refractivity (Wildman–Crippen MR) is 75.2 cm³/mol. The summed E-state index contributed by atoms with van der Waals surface area (Å²) >= 11 is 0. The van der Waals surface area contributed by atoms with E-state index in [1.807, 2.05) is 18.9 Å². The van der Waals surface area contributed by atoms with Crippen LogP contribution in [0.4, 0.5) is 0 Å². The van der Waals surface area contributed by atoms with Crippen LogP contribution in [0.3, 0.4) is 0 Å². The molecule has 0 fully saturated rings. The summed E-state index contributed by atoms with van der Waals surface area (Å²) in [4.78, 5) is 42.9. The first-order valence-corrected chi connectivity index (χ1v) is 8.35. The number of aliphatic carboxylic acids is 1. The predicted octanol–water partition coefficient (Wildman–Crippen LogP) is -2.93. The maximum absolute atomic E-state index is 12.0. The summed E-state index contributed by atoms with van der Waals surface area (Å²) in [6.45, 7) is 7.17. The van der Waals surface area contributed by atoms with Crippen molar-refractivity contribution >= 4 is 19.6 Å². The fraction of sp³-hybridized carbons (Fsp3) is 0.833. The van der Waals surface area contributed by atoms with Crippen LogP contribution in [0.1, 0.15) is 40.5 Å². The van der Waals surface area contributed by atoms with E-state index in [-0.39, 0.29) is 76.1 Å². The average molecular weight is 362 g/mol. The van der Waals surface area contributed by atoms with Crippen LogP contribution in [0.5, 0.6) is 0 Å². The van der Waals surface area contributed by atoms with Gasteiger partial charge in [0.1, 0.15) is 6.04 Å². The Labute approximate surface area is 173 Å². The Morgan fingerprint density at radius 2 is 1.50 bits per heavy atom. The summed E-state index contributed by atoms with van der Waals surface area (Å²) in [7, 11) is -4.83. The molecule has 0 aliphatic rings. The van der Waals surface area contributed by atoms with E-state index >= 15 is 0 Å². The van der Waals surface area contributed by atoms with Gasteiger partial charge in [-0.15, -0.1) is 0 Å². The molecule has 0 heterocycles. The van der Waals surface area contributed by atoms with Gasteiger partial charge in [0.2, 0.25) is 13.7 Å². The molecular weight excluding hydrogens is 338 g/mol. The van der Waals surface area contributed by atoms with E-state index in [1.54, 1.807) is 13.8 Å². The fourth-order valence-electron chi connectivity index (χ4n) is 1.85. The molecule has 0 aromatic carbocycles. The minimum absolute atomic E-state index is 0. The van der Waals surface area contributed by atoms with E-state index in [0.717, 1.165) is 0 Å². The standard InChI is InChI=1S/C12H25N2O6P.K/c1-7(2)5-9(14-21(18,19)20)11(15)13-10(12(16)17)6-8(3)4;/h7-10H,5-6H2,1-4H3,(H,13,15)(H,16,17)(H3,14,18,19,20);/q;+1/p-1. The molecule has 0 radical (unpaired) electrons. The van der Waals surface area contributed by atoms with Crippen molar-refractivity contribution in [1.82, 2.24) is 10.4 Å². The molecule has 1 amide bonds.